The van der Waals surface area contributed by atoms with Crippen molar-refractivity contribution in [2.24, 2.45) is 0 Å². The van der Waals surface area contributed by atoms with Crippen LogP contribution in [0.2, 0.25) is 0 Å². The Morgan fingerprint density at radius 1 is 0.405 bits per heavy atom. The van der Waals surface area contributed by atoms with Crippen LogP contribution in [-0.2, 0) is 32.7 Å². The van der Waals surface area contributed by atoms with Gasteiger partial charge < -0.3 is 18.9 Å². The number of phosphoric acid groups is 1. The van der Waals surface area contributed by atoms with E-state index in [1.165, 1.54) is 122 Å². The summed E-state index contributed by atoms with van der Waals surface area (Å²) in [5.41, 5.74) is 0. The van der Waals surface area contributed by atoms with Gasteiger partial charge in [0, 0.05) is 12.8 Å². The van der Waals surface area contributed by atoms with Gasteiger partial charge in [-0.15, -0.1) is 0 Å². The Bertz CT molecular complexity index is 1700. The van der Waals surface area contributed by atoms with E-state index in [9.17, 15) is 19.0 Å². The van der Waals surface area contributed by atoms with Gasteiger partial charge in [0.1, 0.15) is 19.8 Å². The van der Waals surface area contributed by atoms with Crippen LogP contribution in [0.4, 0.5) is 0 Å². The monoisotopic (exact) mass is 1120 g/mol. The molecule has 79 heavy (non-hydrogen) atoms. The smallest absolute Gasteiger partial charge is 0.462 e. The van der Waals surface area contributed by atoms with Gasteiger partial charge in [0.05, 0.1) is 27.7 Å². The van der Waals surface area contributed by atoms with Crippen molar-refractivity contribution in [3.05, 3.63) is 109 Å². The fourth-order valence-electron chi connectivity index (χ4n) is 8.66. The van der Waals surface area contributed by atoms with E-state index < -0.39 is 26.5 Å². The first-order valence-corrected chi connectivity index (χ1v) is 33.6. The molecule has 0 aliphatic heterocycles. The van der Waals surface area contributed by atoms with Crippen LogP contribution in [0, 0.1) is 0 Å². The van der Waals surface area contributed by atoms with Gasteiger partial charge in [-0.05, 0) is 83.5 Å². The Labute approximate surface area is 486 Å². The number of allylic oxidation sites excluding steroid dienone is 18. The first-order chi connectivity index (χ1) is 38.5. The first-order valence-electron chi connectivity index (χ1n) is 32.1. The van der Waals surface area contributed by atoms with Gasteiger partial charge in [-0.1, -0.05) is 277 Å². The highest BCUT2D eigenvalue weighted by Gasteiger charge is 2.27. The lowest BCUT2D eigenvalue weighted by Gasteiger charge is -2.24. The van der Waals surface area contributed by atoms with E-state index in [0.717, 1.165) is 109 Å². The number of carbonyl (C=O) groups is 2. The maximum absolute atomic E-state index is 12.8. The van der Waals surface area contributed by atoms with Crippen LogP contribution in [-0.4, -0.2) is 74.9 Å². The molecule has 0 aromatic carbocycles. The number of rotatable bonds is 58. The number of unbranched alkanes of at least 4 members (excludes halogenated alkanes) is 26. The van der Waals surface area contributed by atoms with Gasteiger partial charge in [0.25, 0.3) is 0 Å². The summed E-state index contributed by atoms with van der Waals surface area (Å²) in [6.45, 7) is 4.32. The van der Waals surface area contributed by atoms with Crippen molar-refractivity contribution in [3.8, 4) is 0 Å². The third-order valence-corrected chi connectivity index (χ3v) is 14.6. The lowest BCUT2D eigenvalue weighted by atomic mass is 10.0. The van der Waals surface area contributed by atoms with Gasteiger partial charge in [0.15, 0.2) is 6.10 Å². The van der Waals surface area contributed by atoms with Crippen LogP contribution in [0.15, 0.2) is 109 Å². The summed E-state index contributed by atoms with van der Waals surface area (Å²) in [6, 6.07) is 0. The Hall–Kier alpha value is -3.33. The molecule has 0 aromatic rings. The van der Waals surface area contributed by atoms with Crippen molar-refractivity contribution in [2.75, 3.05) is 47.5 Å². The molecule has 0 rings (SSSR count). The second kappa shape index (κ2) is 59.3. The molecule has 0 amide bonds. The molecular weight excluding hydrogens is 1000 g/mol. The minimum absolute atomic E-state index is 0.0234. The van der Waals surface area contributed by atoms with Gasteiger partial charge in [-0.3, -0.25) is 18.6 Å². The van der Waals surface area contributed by atoms with Crippen molar-refractivity contribution in [2.45, 2.75) is 270 Å². The Morgan fingerprint density at radius 3 is 1.08 bits per heavy atom. The first kappa shape index (κ1) is 75.7. The minimum atomic E-state index is -4.40. The normalized spacial score (nSPS) is 13.9. The average Bonchev–Trinajstić information content (AvgIpc) is 3.41. The van der Waals surface area contributed by atoms with Crippen molar-refractivity contribution >= 4 is 19.8 Å². The van der Waals surface area contributed by atoms with Crippen LogP contribution in [0.5, 0.6) is 0 Å². The summed E-state index contributed by atoms with van der Waals surface area (Å²) < 4.78 is 34.6. The van der Waals surface area contributed by atoms with Crippen LogP contribution < -0.4 is 0 Å². The third-order valence-electron chi connectivity index (χ3n) is 13.6. The number of nitrogens with zero attached hydrogens (tertiary/aromatic N) is 1. The zero-order valence-electron chi connectivity index (χ0n) is 51.6. The van der Waals surface area contributed by atoms with Crippen LogP contribution >= 0.6 is 7.82 Å². The topological polar surface area (TPSA) is 108 Å². The summed E-state index contributed by atoms with van der Waals surface area (Å²) >= 11 is 0. The van der Waals surface area contributed by atoms with Crippen molar-refractivity contribution < 1.29 is 42.1 Å². The Morgan fingerprint density at radius 2 is 0.722 bits per heavy atom. The highest BCUT2D eigenvalue weighted by atomic mass is 31.2. The molecule has 0 heterocycles. The van der Waals surface area contributed by atoms with Crippen molar-refractivity contribution in [3.63, 3.8) is 0 Å². The molecule has 0 saturated carbocycles. The lowest BCUT2D eigenvalue weighted by molar-refractivity contribution is -0.870. The largest absolute Gasteiger partial charge is 0.472 e. The molecule has 10 heteroatoms. The number of phosphoric ester groups is 1. The minimum Gasteiger partial charge on any atom is -0.462 e. The molecule has 0 spiro atoms. The quantitative estimate of drug-likeness (QED) is 0.0211. The summed E-state index contributed by atoms with van der Waals surface area (Å²) in [5.74, 6) is -0.817. The maximum Gasteiger partial charge on any atom is 0.472 e. The number of hydrogen-bond acceptors (Lipinski definition) is 7. The second-order valence-corrected chi connectivity index (χ2v) is 23.9. The van der Waals surface area contributed by atoms with Crippen LogP contribution in [0.3, 0.4) is 0 Å². The Kier molecular flexibility index (Phi) is 56.8. The Balaban J connectivity index is 4.19. The van der Waals surface area contributed by atoms with E-state index in [1.54, 1.807) is 0 Å². The molecular formula is C69H121NO8P+. The fraction of sp³-hybridized carbons (Fsp3) is 0.710. The van der Waals surface area contributed by atoms with Crippen LogP contribution in [0.25, 0.3) is 0 Å². The highest BCUT2D eigenvalue weighted by molar-refractivity contribution is 7.47. The third kappa shape index (κ3) is 63.7. The van der Waals surface area contributed by atoms with E-state index in [0.29, 0.717) is 17.4 Å². The van der Waals surface area contributed by atoms with E-state index >= 15 is 0 Å². The highest BCUT2D eigenvalue weighted by Crippen LogP contribution is 2.43. The molecule has 1 N–H and O–H groups in total. The molecule has 0 saturated heterocycles. The van der Waals surface area contributed by atoms with Crippen molar-refractivity contribution in [1.82, 2.24) is 0 Å². The number of likely N-dealkylation sites (N-methyl/N-ethyl adjacent to an activating group) is 1. The standard InChI is InChI=1S/C69H120NO8P/c1-6-8-10-12-14-16-18-20-22-24-26-28-30-31-32-33-34-35-36-37-38-39-40-42-44-46-48-50-52-54-56-58-60-62-69(72)78-67(66-77-79(73,74)76-64-63-70(3,4)5)65-75-68(71)61-59-57-55-53-51-49-47-45-43-41-29-27-25-23-21-19-17-15-13-11-9-7-2/h8,10,14,16,20,22,26,28,31-32,34-35,37-38,40,42,46,48,67H,6-7,9,11-13,15,17-19,21,23-25,27,29-30,33,36,39,41,43-45,47,49-66H2,1-5H3/p+1/b10-8-,16-14-,22-20-,28-26-,32-31-,35-34-,38-37-,42-40-,48-46-. The van der Waals surface area contributed by atoms with Crippen LogP contribution in [0.1, 0.15) is 264 Å². The molecule has 0 aliphatic carbocycles. The van der Waals surface area contributed by atoms with Crippen molar-refractivity contribution in [1.29, 1.82) is 0 Å². The molecule has 0 radical (unpaired) electrons. The number of quaternary nitrogens is 1. The molecule has 0 bridgehead atoms. The molecule has 0 aliphatic rings. The summed E-state index contributed by atoms with van der Waals surface area (Å²) in [6.07, 6.45) is 83.1. The fourth-order valence-corrected chi connectivity index (χ4v) is 9.40. The number of hydrogen-bond donors (Lipinski definition) is 1. The number of esters is 2. The van der Waals surface area contributed by atoms with E-state index in [2.05, 4.69) is 123 Å². The molecule has 454 valence electrons. The number of carbonyl (C=O) groups excluding carboxylic acids is 2. The SMILES string of the molecule is CC/C=C\C/C=C\C/C=C\C/C=C\C/C=C\C/C=C\C/C=C\C/C=C\C/C=C\CCCCCCCC(=O)OC(COC(=O)CCCCCCCCCCCCCCCCCCCCCCCC)COP(=O)(O)OCC[N+](C)(C)C. The molecule has 9 nitrogen and oxygen atoms in total. The van der Waals surface area contributed by atoms with E-state index in [-0.39, 0.29) is 32.0 Å². The van der Waals surface area contributed by atoms with E-state index in [4.69, 9.17) is 18.5 Å². The zero-order chi connectivity index (χ0) is 57.7. The van der Waals surface area contributed by atoms with Gasteiger partial charge in [0.2, 0.25) is 0 Å². The summed E-state index contributed by atoms with van der Waals surface area (Å²) in [4.78, 5) is 35.8. The number of ether oxygens (including phenoxy) is 2. The maximum atomic E-state index is 12.8. The molecule has 2 atom stereocenters. The second-order valence-electron chi connectivity index (χ2n) is 22.4. The molecule has 2 unspecified atom stereocenters. The van der Waals surface area contributed by atoms with Gasteiger partial charge in [-0.2, -0.15) is 0 Å². The van der Waals surface area contributed by atoms with Gasteiger partial charge >= 0.3 is 19.8 Å². The molecule has 0 fully saturated rings. The van der Waals surface area contributed by atoms with Gasteiger partial charge in [-0.25, -0.2) is 4.57 Å². The predicted octanol–water partition coefficient (Wildman–Crippen LogP) is 20.5. The lowest BCUT2D eigenvalue weighted by Crippen LogP contribution is -2.37. The molecule has 0 aromatic heterocycles. The zero-order valence-corrected chi connectivity index (χ0v) is 52.5. The average molecular weight is 1120 g/mol. The summed E-state index contributed by atoms with van der Waals surface area (Å²) in [5, 5.41) is 0. The van der Waals surface area contributed by atoms with E-state index in [1.807, 2.05) is 21.1 Å². The summed E-state index contributed by atoms with van der Waals surface area (Å²) in [7, 11) is 1.46. The predicted molar refractivity (Wildman–Crippen MR) is 339 cm³/mol.